The molecule has 0 radical (unpaired) electrons. The van der Waals surface area contributed by atoms with Crippen LogP contribution in [0.15, 0.2) is 12.1 Å². The van der Waals surface area contributed by atoms with Crippen LogP contribution < -0.4 is 5.32 Å². The van der Waals surface area contributed by atoms with Crippen LogP contribution in [0.25, 0.3) is 0 Å². The molecule has 0 aliphatic heterocycles. The van der Waals surface area contributed by atoms with Gasteiger partial charge in [0.05, 0.1) is 12.2 Å². The number of carboxylic acids is 1. The Kier molecular flexibility index (Phi) is 4.38. The molecule has 1 aliphatic carbocycles. The van der Waals surface area contributed by atoms with Crippen molar-refractivity contribution in [3.63, 3.8) is 0 Å². The van der Waals surface area contributed by atoms with Gasteiger partial charge >= 0.3 is 5.97 Å². The molecule has 1 heterocycles. The topological polar surface area (TPSA) is 71.5 Å². The number of ether oxygens (including phenoxy) is 1. The number of carbonyl (C=O) groups is 1. The first-order valence-corrected chi connectivity index (χ1v) is 6.25. The molecule has 1 aromatic rings. The molecule has 1 aliphatic rings. The molecule has 98 valence electrons. The highest BCUT2D eigenvalue weighted by Gasteiger charge is 2.20. The zero-order valence-electron chi connectivity index (χ0n) is 9.86. The largest absolute Gasteiger partial charge is 0.478 e. The van der Waals surface area contributed by atoms with Crippen molar-refractivity contribution in [2.45, 2.75) is 12.8 Å². The average Bonchev–Trinajstić information content (AvgIpc) is 3.12. The van der Waals surface area contributed by atoms with E-state index < -0.39 is 5.97 Å². The number of nitrogens with one attached hydrogen (secondary N) is 1. The second kappa shape index (κ2) is 6.02. The maximum absolute atomic E-state index is 10.8. The van der Waals surface area contributed by atoms with E-state index in [4.69, 9.17) is 21.4 Å². The summed E-state index contributed by atoms with van der Waals surface area (Å²) in [5.41, 5.74) is 0.122. The molecule has 1 saturated carbocycles. The maximum Gasteiger partial charge on any atom is 0.335 e. The third kappa shape index (κ3) is 4.16. The van der Waals surface area contributed by atoms with Crippen molar-refractivity contribution in [2.75, 3.05) is 25.1 Å². The quantitative estimate of drug-likeness (QED) is 0.587. The molecule has 5 nitrogen and oxygen atoms in total. The predicted molar refractivity (Wildman–Crippen MR) is 68.2 cm³/mol. The lowest BCUT2D eigenvalue weighted by atomic mass is 10.2. The Morgan fingerprint density at radius 1 is 1.56 bits per heavy atom. The monoisotopic (exact) mass is 270 g/mol. The van der Waals surface area contributed by atoms with Crippen molar-refractivity contribution >= 4 is 23.4 Å². The lowest BCUT2D eigenvalue weighted by molar-refractivity contribution is 0.0697. The Balaban J connectivity index is 1.78. The molecule has 1 fully saturated rings. The summed E-state index contributed by atoms with van der Waals surface area (Å²) in [6.07, 6.45) is 2.54. The molecular weight excluding hydrogens is 256 g/mol. The number of hydrogen-bond acceptors (Lipinski definition) is 4. The van der Waals surface area contributed by atoms with Gasteiger partial charge in [-0.1, -0.05) is 11.6 Å². The van der Waals surface area contributed by atoms with Crippen molar-refractivity contribution in [3.05, 3.63) is 22.8 Å². The summed E-state index contributed by atoms with van der Waals surface area (Å²) in [5.74, 6) is 0.176. The molecule has 0 spiro atoms. The normalized spacial score (nSPS) is 14.5. The summed E-state index contributed by atoms with van der Waals surface area (Å²) in [7, 11) is 0. The fraction of sp³-hybridized carbons (Fsp3) is 0.500. The van der Waals surface area contributed by atoms with Crippen molar-refractivity contribution in [1.29, 1.82) is 0 Å². The number of aromatic nitrogens is 1. The van der Waals surface area contributed by atoms with E-state index in [2.05, 4.69) is 10.3 Å². The molecule has 0 aromatic carbocycles. The maximum atomic E-state index is 10.8. The van der Waals surface area contributed by atoms with Crippen molar-refractivity contribution in [3.8, 4) is 0 Å². The SMILES string of the molecule is O=C(O)c1cc(Cl)nc(NCCOCC2CC2)c1. The minimum Gasteiger partial charge on any atom is -0.478 e. The average molecular weight is 271 g/mol. The fourth-order valence-corrected chi connectivity index (χ4v) is 1.71. The van der Waals surface area contributed by atoms with Gasteiger partial charge in [0.25, 0.3) is 0 Å². The molecular formula is C12H15ClN2O3. The van der Waals surface area contributed by atoms with Crippen LogP contribution in [0.3, 0.4) is 0 Å². The number of carboxylic acid groups (broad SMARTS) is 1. The molecule has 0 atom stereocenters. The first kappa shape index (κ1) is 13.1. The van der Waals surface area contributed by atoms with Crippen LogP contribution in [0, 0.1) is 5.92 Å². The van der Waals surface area contributed by atoms with E-state index in [9.17, 15) is 4.79 Å². The summed E-state index contributed by atoms with van der Waals surface area (Å²) in [5, 5.41) is 12.0. The first-order valence-electron chi connectivity index (χ1n) is 5.87. The predicted octanol–water partition coefficient (Wildman–Crippen LogP) is 2.27. The van der Waals surface area contributed by atoms with E-state index in [0.717, 1.165) is 12.5 Å². The van der Waals surface area contributed by atoms with E-state index in [-0.39, 0.29) is 10.7 Å². The van der Waals surface area contributed by atoms with Gasteiger partial charge in [-0.2, -0.15) is 0 Å². The summed E-state index contributed by atoms with van der Waals surface area (Å²) in [6.45, 7) is 1.97. The molecule has 2 N–H and O–H groups in total. The second-order valence-electron chi connectivity index (χ2n) is 4.31. The summed E-state index contributed by atoms with van der Waals surface area (Å²) < 4.78 is 5.45. The minimum atomic E-state index is -1.02. The van der Waals surface area contributed by atoms with Crippen LogP contribution in [-0.4, -0.2) is 35.8 Å². The highest BCUT2D eigenvalue weighted by molar-refractivity contribution is 6.29. The molecule has 1 aromatic heterocycles. The lowest BCUT2D eigenvalue weighted by Crippen LogP contribution is -2.12. The van der Waals surface area contributed by atoms with E-state index in [1.54, 1.807) is 0 Å². The Hall–Kier alpha value is -1.33. The summed E-state index contributed by atoms with van der Waals surface area (Å²) in [4.78, 5) is 14.8. The lowest BCUT2D eigenvalue weighted by Gasteiger charge is -2.07. The van der Waals surface area contributed by atoms with E-state index in [0.29, 0.717) is 19.0 Å². The fourth-order valence-electron chi connectivity index (χ4n) is 1.50. The molecule has 0 bridgehead atoms. The number of hydrogen-bond donors (Lipinski definition) is 2. The van der Waals surface area contributed by atoms with Crippen molar-refractivity contribution in [1.82, 2.24) is 4.98 Å². The van der Waals surface area contributed by atoms with E-state index in [1.807, 2.05) is 0 Å². The molecule has 0 amide bonds. The van der Waals surface area contributed by atoms with E-state index >= 15 is 0 Å². The molecule has 18 heavy (non-hydrogen) atoms. The Morgan fingerprint density at radius 2 is 2.33 bits per heavy atom. The Bertz CT molecular complexity index is 435. The van der Waals surface area contributed by atoms with Gasteiger partial charge in [-0.05, 0) is 30.9 Å². The number of rotatable bonds is 7. The standard InChI is InChI=1S/C12H15ClN2O3/c13-10-5-9(12(16)17)6-11(15-10)14-3-4-18-7-8-1-2-8/h5-6,8H,1-4,7H2,(H,14,15)(H,16,17). The number of aromatic carboxylic acids is 1. The van der Waals surface area contributed by atoms with E-state index in [1.165, 1.54) is 25.0 Å². The van der Waals surface area contributed by atoms with Crippen molar-refractivity contribution in [2.24, 2.45) is 5.92 Å². The van der Waals surface area contributed by atoms with Gasteiger partial charge in [0.2, 0.25) is 0 Å². The van der Waals surface area contributed by atoms with Gasteiger partial charge in [-0.3, -0.25) is 0 Å². The van der Waals surface area contributed by atoms with Crippen LogP contribution in [0.1, 0.15) is 23.2 Å². The number of anilines is 1. The Labute approximate surface area is 110 Å². The van der Waals surface area contributed by atoms with Gasteiger partial charge in [0.15, 0.2) is 0 Å². The zero-order chi connectivity index (χ0) is 13.0. The van der Waals surface area contributed by atoms with Crippen LogP contribution in [0.4, 0.5) is 5.82 Å². The van der Waals surface area contributed by atoms with Crippen LogP contribution in [0.2, 0.25) is 5.15 Å². The smallest absolute Gasteiger partial charge is 0.335 e. The van der Waals surface area contributed by atoms with Crippen LogP contribution in [0.5, 0.6) is 0 Å². The zero-order valence-corrected chi connectivity index (χ0v) is 10.6. The van der Waals surface area contributed by atoms with Gasteiger partial charge in [0, 0.05) is 13.2 Å². The molecule has 2 rings (SSSR count). The number of halogens is 1. The summed E-state index contributed by atoms with van der Waals surface area (Å²) in [6, 6.07) is 2.77. The molecule has 6 heteroatoms. The molecule has 0 unspecified atom stereocenters. The minimum absolute atomic E-state index is 0.122. The van der Waals surface area contributed by atoms with Gasteiger partial charge in [0.1, 0.15) is 11.0 Å². The highest BCUT2D eigenvalue weighted by atomic mass is 35.5. The second-order valence-corrected chi connectivity index (χ2v) is 4.70. The Morgan fingerprint density at radius 3 is 3.00 bits per heavy atom. The third-order valence-corrected chi connectivity index (χ3v) is 2.84. The van der Waals surface area contributed by atoms with Crippen molar-refractivity contribution < 1.29 is 14.6 Å². The highest BCUT2D eigenvalue weighted by Crippen LogP contribution is 2.28. The van der Waals surface area contributed by atoms with Gasteiger partial charge in [-0.25, -0.2) is 9.78 Å². The van der Waals surface area contributed by atoms with Gasteiger partial charge < -0.3 is 15.2 Å². The number of nitrogens with zero attached hydrogens (tertiary/aromatic N) is 1. The van der Waals surface area contributed by atoms with Crippen LogP contribution in [-0.2, 0) is 4.74 Å². The van der Waals surface area contributed by atoms with Crippen LogP contribution >= 0.6 is 11.6 Å². The third-order valence-electron chi connectivity index (χ3n) is 2.64. The van der Waals surface area contributed by atoms with Gasteiger partial charge in [-0.15, -0.1) is 0 Å². The number of pyridine rings is 1. The first-order chi connectivity index (χ1) is 8.65. The summed E-state index contributed by atoms with van der Waals surface area (Å²) >= 11 is 5.74. The molecule has 0 saturated heterocycles.